The summed E-state index contributed by atoms with van der Waals surface area (Å²) in [6.45, 7) is 5.15. The zero-order valence-electron chi connectivity index (χ0n) is 7.12. The fraction of sp³-hybridized carbons (Fsp3) is 0.300. The number of rotatable bonds is 2. The van der Waals surface area contributed by atoms with Gasteiger partial charge in [0.05, 0.1) is 0 Å². The first kappa shape index (κ1) is 8.78. The van der Waals surface area contributed by atoms with Crippen LogP contribution in [0, 0.1) is 0 Å². The van der Waals surface area contributed by atoms with Crippen LogP contribution in [0.4, 0.5) is 0 Å². The maximum Gasteiger partial charge on any atom is 0.333 e. The lowest BCUT2D eigenvalue weighted by molar-refractivity contribution is -0.141. The smallest absolute Gasteiger partial charge is 0.333 e. The molecule has 0 aromatic carbocycles. The quantitative estimate of drug-likeness (QED) is 0.461. The highest BCUT2D eigenvalue weighted by atomic mass is 16.5. The summed E-state index contributed by atoms with van der Waals surface area (Å²) in [4.78, 5) is 11.0. The Morgan fingerprint density at radius 1 is 1.58 bits per heavy atom. The van der Waals surface area contributed by atoms with Crippen molar-refractivity contribution in [3.05, 3.63) is 36.5 Å². The van der Waals surface area contributed by atoms with Gasteiger partial charge in [0.1, 0.15) is 6.10 Å². The number of allylic oxidation sites excluding steroid dienone is 2. The molecule has 0 aliphatic heterocycles. The summed E-state index contributed by atoms with van der Waals surface area (Å²) in [5, 5.41) is 0. The molecule has 1 unspecified atom stereocenters. The van der Waals surface area contributed by atoms with Crippen molar-refractivity contribution >= 4 is 5.97 Å². The van der Waals surface area contributed by atoms with Gasteiger partial charge in [-0.1, -0.05) is 24.8 Å². The van der Waals surface area contributed by atoms with E-state index < -0.39 is 0 Å². The van der Waals surface area contributed by atoms with Crippen molar-refractivity contribution in [2.24, 2.45) is 0 Å². The number of hydrogen-bond acceptors (Lipinski definition) is 2. The van der Waals surface area contributed by atoms with E-state index >= 15 is 0 Å². The molecule has 0 radical (unpaired) electrons. The third-order valence-electron chi connectivity index (χ3n) is 1.55. The summed E-state index contributed by atoms with van der Waals surface area (Å²) in [6.07, 6.45) is 8.29. The Morgan fingerprint density at radius 2 is 2.33 bits per heavy atom. The molecule has 1 aliphatic rings. The van der Waals surface area contributed by atoms with Crippen LogP contribution in [0.2, 0.25) is 0 Å². The maximum absolute atomic E-state index is 11.0. The molecule has 1 aliphatic carbocycles. The van der Waals surface area contributed by atoms with E-state index in [4.69, 9.17) is 4.74 Å². The minimum absolute atomic E-state index is 0.112. The first-order valence-corrected chi connectivity index (χ1v) is 3.90. The average Bonchev–Trinajstić information content (AvgIpc) is 2.06. The highest BCUT2D eigenvalue weighted by Crippen LogP contribution is 2.09. The van der Waals surface area contributed by atoms with Crippen LogP contribution >= 0.6 is 0 Å². The highest BCUT2D eigenvalue weighted by Gasteiger charge is 2.11. The third-order valence-corrected chi connectivity index (χ3v) is 1.55. The van der Waals surface area contributed by atoms with E-state index in [0.717, 1.165) is 6.42 Å². The van der Waals surface area contributed by atoms with Crippen LogP contribution < -0.4 is 0 Å². The minimum atomic E-state index is -0.319. The molecule has 0 aromatic rings. The van der Waals surface area contributed by atoms with Crippen LogP contribution in [-0.4, -0.2) is 12.1 Å². The molecule has 2 heteroatoms. The fourth-order valence-corrected chi connectivity index (χ4v) is 0.883. The van der Waals surface area contributed by atoms with E-state index in [-0.39, 0.29) is 12.1 Å². The first-order valence-electron chi connectivity index (χ1n) is 3.90. The van der Waals surface area contributed by atoms with Crippen LogP contribution in [0.25, 0.3) is 0 Å². The SMILES string of the molecule is C=C(C)C(=O)OC1C=CC=CC1. The Morgan fingerprint density at radius 3 is 2.83 bits per heavy atom. The molecule has 12 heavy (non-hydrogen) atoms. The van der Waals surface area contributed by atoms with Crippen molar-refractivity contribution in [3.8, 4) is 0 Å². The average molecular weight is 164 g/mol. The molecule has 0 aromatic heterocycles. The predicted octanol–water partition coefficient (Wildman–Crippen LogP) is 1.99. The van der Waals surface area contributed by atoms with Crippen molar-refractivity contribution < 1.29 is 9.53 Å². The van der Waals surface area contributed by atoms with Crippen LogP contribution in [0.5, 0.6) is 0 Å². The molecule has 0 amide bonds. The number of carbonyl (C=O) groups is 1. The molecule has 0 saturated carbocycles. The summed E-state index contributed by atoms with van der Waals surface area (Å²) < 4.78 is 5.08. The van der Waals surface area contributed by atoms with Crippen LogP contribution in [0.3, 0.4) is 0 Å². The Balaban J connectivity index is 2.42. The molecular formula is C10H12O2. The Labute approximate surface area is 72.2 Å². The molecule has 1 atom stereocenters. The molecule has 1 rings (SSSR count). The number of carbonyl (C=O) groups excluding carboxylic acids is 1. The van der Waals surface area contributed by atoms with Gasteiger partial charge in [0.2, 0.25) is 0 Å². The summed E-state index contributed by atoms with van der Waals surface area (Å²) in [7, 11) is 0. The highest BCUT2D eigenvalue weighted by molar-refractivity contribution is 5.87. The zero-order chi connectivity index (χ0) is 8.97. The van der Waals surface area contributed by atoms with E-state index in [1.807, 2.05) is 24.3 Å². The number of ether oxygens (including phenoxy) is 1. The van der Waals surface area contributed by atoms with Crippen molar-refractivity contribution in [3.63, 3.8) is 0 Å². The summed E-state index contributed by atoms with van der Waals surface area (Å²) in [5.74, 6) is -0.319. The maximum atomic E-state index is 11.0. The third kappa shape index (κ3) is 2.38. The molecule has 0 fully saturated rings. The molecular weight excluding hydrogens is 152 g/mol. The summed E-state index contributed by atoms with van der Waals surface area (Å²) in [6, 6.07) is 0. The second-order valence-electron chi connectivity index (χ2n) is 2.77. The van der Waals surface area contributed by atoms with E-state index in [1.54, 1.807) is 6.92 Å². The normalized spacial score (nSPS) is 20.6. The largest absolute Gasteiger partial charge is 0.454 e. The molecule has 64 valence electrons. The molecule has 0 spiro atoms. The van der Waals surface area contributed by atoms with E-state index in [2.05, 4.69) is 6.58 Å². The lowest BCUT2D eigenvalue weighted by Gasteiger charge is -2.13. The van der Waals surface area contributed by atoms with Gasteiger partial charge in [-0.3, -0.25) is 0 Å². The molecule has 0 saturated heterocycles. The van der Waals surface area contributed by atoms with Gasteiger partial charge >= 0.3 is 5.97 Å². The van der Waals surface area contributed by atoms with E-state index in [1.165, 1.54) is 0 Å². The van der Waals surface area contributed by atoms with Gasteiger partial charge in [0.15, 0.2) is 0 Å². The Bertz CT molecular complexity index is 249. The van der Waals surface area contributed by atoms with Crippen molar-refractivity contribution in [2.75, 3.05) is 0 Å². The monoisotopic (exact) mass is 164 g/mol. The summed E-state index contributed by atoms with van der Waals surface area (Å²) in [5.41, 5.74) is 0.443. The van der Waals surface area contributed by atoms with Crippen LogP contribution in [0.1, 0.15) is 13.3 Å². The molecule has 0 N–H and O–H groups in total. The number of esters is 1. The topological polar surface area (TPSA) is 26.3 Å². The molecule has 0 bridgehead atoms. The van der Waals surface area contributed by atoms with Gasteiger partial charge in [-0.2, -0.15) is 0 Å². The van der Waals surface area contributed by atoms with Gasteiger partial charge in [-0.25, -0.2) is 4.79 Å². The second-order valence-corrected chi connectivity index (χ2v) is 2.77. The first-order chi connectivity index (χ1) is 5.70. The lowest BCUT2D eigenvalue weighted by atomic mass is 10.1. The van der Waals surface area contributed by atoms with E-state index in [0.29, 0.717) is 5.57 Å². The summed E-state index contributed by atoms with van der Waals surface area (Å²) >= 11 is 0. The van der Waals surface area contributed by atoms with Gasteiger partial charge < -0.3 is 4.74 Å². The molecule has 0 heterocycles. The van der Waals surface area contributed by atoms with Crippen LogP contribution in [0.15, 0.2) is 36.5 Å². The van der Waals surface area contributed by atoms with Crippen molar-refractivity contribution in [1.29, 1.82) is 0 Å². The predicted molar refractivity (Wildman–Crippen MR) is 47.6 cm³/mol. The van der Waals surface area contributed by atoms with Crippen molar-refractivity contribution in [1.82, 2.24) is 0 Å². The Kier molecular flexibility index (Phi) is 2.86. The van der Waals surface area contributed by atoms with Gasteiger partial charge in [-0.15, -0.1) is 0 Å². The zero-order valence-corrected chi connectivity index (χ0v) is 7.12. The fourth-order valence-electron chi connectivity index (χ4n) is 0.883. The number of hydrogen-bond donors (Lipinski definition) is 0. The Hall–Kier alpha value is -1.31. The minimum Gasteiger partial charge on any atom is -0.454 e. The lowest BCUT2D eigenvalue weighted by Crippen LogP contribution is -2.16. The van der Waals surface area contributed by atoms with Gasteiger partial charge in [-0.05, 0) is 13.0 Å². The van der Waals surface area contributed by atoms with Crippen LogP contribution in [-0.2, 0) is 9.53 Å². The standard InChI is InChI=1S/C10H12O2/c1-8(2)10(11)12-9-6-4-3-5-7-9/h3-6,9H,1,7H2,2H3. The second kappa shape index (κ2) is 3.90. The van der Waals surface area contributed by atoms with E-state index in [9.17, 15) is 4.79 Å². The van der Waals surface area contributed by atoms with Gasteiger partial charge in [0, 0.05) is 12.0 Å². The van der Waals surface area contributed by atoms with Crippen molar-refractivity contribution in [2.45, 2.75) is 19.4 Å². The molecule has 2 nitrogen and oxygen atoms in total. The van der Waals surface area contributed by atoms with Gasteiger partial charge in [0.25, 0.3) is 0 Å².